The summed E-state index contributed by atoms with van der Waals surface area (Å²) in [5.74, 6) is -0.705. The number of alkyl halides is 3. The zero-order chi connectivity index (χ0) is 20.1. The van der Waals surface area contributed by atoms with Gasteiger partial charge in [0.1, 0.15) is 5.75 Å². The maximum absolute atomic E-state index is 12.6. The smallest absolute Gasteiger partial charge is 0.406 e. The minimum Gasteiger partial charge on any atom is -0.406 e. The highest BCUT2D eigenvalue weighted by Gasteiger charge is 2.32. The third-order valence-electron chi connectivity index (χ3n) is 3.79. The highest BCUT2D eigenvalue weighted by atomic mass is 32.2. The summed E-state index contributed by atoms with van der Waals surface area (Å²) in [4.78, 5) is 13.4. The van der Waals surface area contributed by atoms with Gasteiger partial charge in [-0.3, -0.25) is 4.79 Å². The second-order valence-electron chi connectivity index (χ2n) is 5.63. The van der Waals surface area contributed by atoms with E-state index >= 15 is 0 Å². The monoisotopic (exact) mass is 404 g/mol. The summed E-state index contributed by atoms with van der Waals surface area (Å²) in [6.07, 6.45) is 1.66. The molecule has 0 aliphatic carbocycles. The summed E-state index contributed by atoms with van der Waals surface area (Å²) in [7, 11) is -3.86. The number of hydrogen-bond acceptors (Lipinski definition) is 4. The number of rotatable bonds is 5. The van der Waals surface area contributed by atoms with Gasteiger partial charge in [0.25, 0.3) is 0 Å². The first-order valence-corrected chi connectivity index (χ1v) is 9.52. The van der Waals surface area contributed by atoms with Crippen LogP contribution in [0.2, 0.25) is 0 Å². The molecule has 27 heavy (non-hydrogen) atoms. The van der Waals surface area contributed by atoms with Crippen LogP contribution in [0.1, 0.15) is 6.92 Å². The van der Waals surface area contributed by atoms with Gasteiger partial charge >= 0.3 is 6.36 Å². The molecule has 1 fully saturated rings. The quantitative estimate of drug-likeness (QED) is 0.559. The molecule has 1 aliphatic heterocycles. The second-order valence-corrected chi connectivity index (χ2v) is 7.57. The van der Waals surface area contributed by atoms with Gasteiger partial charge in [-0.2, -0.15) is 4.31 Å². The molecule has 1 saturated heterocycles. The van der Waals surface area contributed by atoms with E-state index in [1.165, 1.54) is 15.3 Å². The molecule has 2 rings (SSSR count). The van der Waals surface area contributed by atoms with Gasteiger partial charge in [0.05, 0.1) is 4.90 Å². The van der Waals surface area contributed by atoms with Gasteiger partial charge in [0.15, 0.2) is 0 Å². The molecule has 0 spiro atoms. The summed E-state index contributed by atoms with van der Waals surface area (Å²) in [6, 6.07) is 4.03. The largest absolute Gasteiger partial charge is 0.573 e. The Morgan fingerprint density at radius 2 is 1.67 bits per heavy atom. The zero-order valence-electron chi connectivity index (χ0n) is 14.5. The van der Waals surface area contributed by atoms with Crippen molar-refractivity contribution in [3.8, 4) is 5.75 Å². The Labute approximate surface area is 155 Å². The lowest BCUT2D eigenvalue weighted by Gasteiger charge is -2.33. The number of allylic oxidation sites excluding steroid dienone is 3. The predicted octanol–water partition coefficient (Wildman–Crippen LogP) is 2.55. The highest BCUT2D eigenvalue weighted by Crippen LogP contribution is 2.25. The molecule has 0 bridgehead atoms. The summed E-state index contributed by atoms with van der Waals surface area (Å²) < 4.78 is 66.7. The van der Waals surface area contributed by atoms with Gasteiger partial charge in [0.2, 0.25) is 15.9 Å². The predicted molar refractivity (Wildman–Crippen MR) is 92.4 cm³/mol. The molecule has 0 atom stereocenters. The van der Waals surface area contributed by atoms with Crippen molar-refractivity contribution in [2.24, 2.45) is 0 Å². The first kappa shape index (κ1) is 21.0. The molecule has 0 radical (unpaired) electrons. The number of amides is 1. The van der Waals surface area contributed by atoms with Crippen LogP contribution < -0.4 is 4.74 Å². The highest BCUT2D eigenvalue weighted by molar-refractivity contribution is 7.89. The Morgan fingerprint density at radius 1 is 1.07 bits per heavy atom. The number of sulfonamides is 1. The fourth-order valence-corrected chi connectivity index (χ4v) is 3.89. The van der Waals surface area contributed by atoms with E-state index in [4.69, 9.17) is 0 Å². The normalized spacial score (nSPS) is 17.0. The SMILES string of the molecule is C/C=C/C=C/C(=O)N1CCN(S(=O)(=O)c2ccc(OC(F)(F)F)cc2)CC1. The van der Waals surface area contributed by atoms with Crippen molar-refractivity contribution in [2.45, 2.75) is 18.2 Å². The Hall–Kier alpha value is -2.33. The zero-order valence-corrected chi connectivity index (χ0v) is 15.3. The van der Waals surface area contributed by atoms with Crippen molar-refractivity contribution in [1.29, 1.82) is 0 Å². The number of ether oxygens (including phenoxy) is 1. The first-order chi connectivity index (χ1) is 12.6. The van der Waals surface area contributed by atoms with E-state index < -0.39 is 22.1 Å². The number of piperazine rings is 1. The van der Waals surface area contributed by atoms with E-state index in [9.17, 15) is 26.4 Å². The third kappa shape index (κ3) is 5.83. The summed E-state index contributed by atoms with van der Waals surface area (Å²) >= 11 is 0. The van der Waals surface area contributed by atoms with Crippen LogP contribution in [-0.4, -0.2) is 56.1 Å². The van der Waals surface area contributed by atoms with Crippen LogP contribution in [0, 0.1) is 0 Å². The fraction of sp³-hybridized carbons (Fsp3) is 0.353. The minimum atomic E-state index is -4.84. The molecular weight excluding hydrogens is 385 g/mol. The molecule has 0 saturated carbocycles. The van der Waals surface area contributed by atoms with E-state index in [1.807, 2.05) is 6.92 Å². The average molecular weight is 404 g/mol. The molecule has 148 valence electrons. The van der Waals surface area contributed by atoms with Gasteiger partial charge in [-0.05, 0) is 31.2 Å². The van der Waals surface area contributed by atoms with E-state index in [2.05, 4.69) is 4.74 Å². The fourth-order valence-electron chi connectivity index (χ4n) is 2.47. The number of hydrogen-bond donors (Lipinski definition) is 0. The molecule has 1 aromatic rings. The van der Waals surface area contributed by atoms with Crippen molar-refractivity contribution in [3.63, 3.8) is 0 Å². The lowest BCUT2D eigenvalue weighted by molar-refractivity contribution is -0.274. The lowest BCUT2D eigenvalue weighted by Crippen LogP contribution is -2.50. The van der Waals surface area contributed by atoms with Gasteiger partial charge in [-0.15, -0.1) is 13.2 Å². The molecule has 1 aromatic carbocycles. The first-order valence-electron chi connectivity index (χ1n) is 8.08. The standard InChI is InChI=1S/C17H19F3N2O4S/c1-2-3-4-5-16(23)21-10-12-22(13-11-21)27(24,25)15-8-6-14(7-9-15)26-17(18,19)20/h2-9H,10-13H2,1H3/b3-2+,5-4+. The Bertz CT molecular complexity index is 810. The Kier molecular flexibility index (Phi) is 6.66. The third-order valence-corrected chi connectivity index (χ3v) is 5.70. The number of halogens is 3. The Morgan fingerprint density at radius 3 is 2.19 bits per heavy atom. The summed E-state index contributed by atoms with van der Waals surface area (Å²) in [5, 5.41) is 0. The number of carbonyl (C=O) groups is 1. The van der Waals surface area contributed by atoms with E-state index in [0.717, 1.165) is 24.3 Å². The molecule has 0 unspecified atom stereocenters. The molecule has 10 heteroatoms. The van der Waals surface area contributed by atoms with Crippen molar-refractivity contribution in [1.82, 2.24) is 9.21 Å². The van der Waals surface area contributed by atoms with Crippen molar-refractivity contribution >= 4 is 15.9 Å². The molecule has 0 N–H and O–H groups in total. The van der Waals surface area contributed by atoms with Crippen LogP contribution in [0.3, 0.4) is 0 Å². The molecule has 1 amide bonds. The van der Waals surface area contributed by atoms with Crippen LogP contribution in [0.25, 0.3) is 0 Å². The number of nitrogens with zero attached hydrogens (tertiary/aromatic N) is 2. The van der Waals surface area contributed by atoms with Crippen molar-refractivity contribution < 1.29 is 31.1 Å². The lowest BCUT2D eigenvalue weighted by atomic mass is 10.3. The summed E-state index contributed by atoms with van der Waals surface area (Å²) in [6.45, 7) is 2.49. The van der Waals surface area contributed by atoms with Crippen molar-refractivity contribution in [3.05, 3.63) is 48.6 Å². The van der Waals surface area contributed by atoms with Crippen LogP contribution >= 0.6 is 0 Å². The van der Waals surface area contributed by atoms with Crippen molar-refractivity contribution in [2.75, 3.05) is 26.2 Å². The van der Waals surface area contributed by atoms with E-state index in [1.54, 1.807) is 18.2 Å². The minimum absolute atomic E-state index is 0.104. The van der Waals surface area contributed by atoms with Crippen LogP contribution in [-0.2, 0) is 14.8 Å². The van der Waals surface area contributed by atoms with Gasteiger partial charge in [-0.25, -0.2) is 8.42 Å². The second kappa shape index (κ2) is 8.57. The maximum Gasteiger partial charge on any atom is 0.573 e. The van der Waals surface area contributed by atoms with E-state index in [0.29, 0.717) is 0 Å². The van der Waals surface area contributed by atoms with Gasteiger partial charge in [-0.1, -0.05) is 18.2 Å². The topological polar surface area (TPSA) is 66.9 Å². The number of carbonyl (C=O) groups excluding carboxylic acids is 1. The molecule has 1 heterocycles. The maximum atomic E-state index is 12.6. The van der Waals surface area contributed by atoms with Gasteiger partial charge < -0.3 is 9.64 Å². The molecule has 1 aliphatic rings. The average Bonchev–Trinajstić information content (AvgIpc) is 2.61. The van der Waals surface area contributed by atoms with Crippen LogP contribution in [0.4, 0.5) is 13.2 Å². The Balaban J connectivity index is 2.01. The van der Waals surface area contributed by atoms with E-state index in [-0.39, 0.29) is 37.0 Å². The van der Waals surface area contributed by atoms with Crippen LogP contribution in [0.15, 0.2) is 53.5 Å². The van der Waals surface area contributed by atoms with Crippen LogP contribution in [0.5, 0.6) is 5.75 Å². The molecule has 6 nitrogen and oxygen atoms in total. The number of benzene rings is 1. The molecule has 0 aromatic heterocycles. The molecular formula is C17H19F3N2O4S. The van der Waals surface area contributed by atoms with Gasteiger partial charge in [0, 0.05) is 32.3 Å². The summed E-state index contributed by atoms with van der Waals surface area (Å²) in [5.41, 5.74) is 0.